The first-order valence-electron chi connectivity index (χ1n) is 9.15. The quantitative estimate of drug-likeness (QED) is 0.846. The molecule has 7 heteroatoms. The van der Waals surface area contributed by atoms with Gasteiger partial charge < -0.3 is 14.1 Å². The van der Waals surface area contributed by atoms with E-state index in [1.165, 1.54) is 25.7 Å². The maximum atomic E-state index is 6.15. The number of fused-ring (bicyclic) bond motifs is 1. The molecule has 2 aliphatic carbocycles. The van der Waals surface area contributed by atoms with E-state index in [4.69, 9.17) is 9.15 Å². The molecular weight excluding hydrogens is 318 g/mol. The van der Waals surface area contributed by atoms with Gasteiger partial charge in [-0.25, -0.2) is 9.97 Å². The lowest BCUT2D eigenvalue weighted by Gasteiger charge is -2.25. The molecule has 1 aliphatic heterocycles. The Morgan fingerprint density at radius 1 is 1.24 bits per heavy atom. The molecule has 3 heterocycles. The summed E-state index contributed by atoms with van der Waals surface area (Å²) in [6.07, 6.45) is 7.51. The van der Waals surface area contributed by atoms with Crippen molar-refractivity contribution >= 4 is 5.82 Å². The fourth-order valence-corrected chi connectivity index (χ4v) is 4.64. The van der Waals surface area contributed by atoms with E-state index in [2.05, 4.69) is 25.1 Å². The number of methoxy groups -OCH3 is 1. The molecule has 0 spiro atoms. The van der Waals surface area contributed by atoms with Crippen LogP contribution >= 0.6 is 0 Å². The summed E-state index contributed by atoms with van der Waals surface area (Å²) in [6.45, 7) is 3.77. The maximum Gasteiger partial charge on any atom is 0.224 e. The van der Waals surface area contributed by atoms with Crippen molar-refractivity contribution in [1.29, 1.82) is 0 Å². The molecule has 7 nitrogen and oxygen atoms in total. The van der Waals surface area contributed by atoms with Crippen LogP contribution in [0.3, 0.4) is 0 Å². The summed E-state index contributed by atoms with van der Waals surface area (Å²) in [5.41, 5.74) is 0.830. The Labute approximate surface area is 146 Å². The molecule has 0 unspecified atom stereocenters. The highest BCUT2D eigenvalue weighted by Crippen LogP contribution is 2.52. The Hall–Kier alpha value is -2.18. The van der Waals surface area contributed by atoms with Crippen molar-refractivity contribution in [1.82, 2.24) is 20.2 Å². The lowest BCUT2D eigenvalue weighted by atomic mass is 9.80. The number of nitrogens with zero attached hydrogens (tertiary/aromatic N) is 5. The second kappa shape index (κ2) is 5.41. The summed E-state index contributed by atoms with van der Waals surface area (Å²) < 4.78 is 11.7. The molecule has 2 atom stereocenters. The van der Waals surface area contributed by atoms with Crippen LogP contribution in [0.1, 0.15) is 55.5 Å². The van der Waals surface area contributed by atoms with Crippen LogP contribution in [0.2, 0.25) is 0 Å². The van der Waals surface area contributed by atoms with Crippen LogP contribution in [0.25, 0.3) is 0 Å². The van der Waals surface area contributed by atoms with Crippen molar-refractivity contribution in [3.05, 3.63) is 23.8 Å². The van der Waals surface area contributed by atoms with Crippen LogP contribution in [0.4, 0.5) is 5.82 Å². The van der Waals surface area contributed by atoms with E-state index in [9.17, 15) is 0 Å². The lowest BCUT2D eigenvalue weighted by molar-refractivity contribution is 0.296. The molecule has 3 aliphatic rings. The highest BCUT2D eigenvalue weighted by atomic mass is 16.5. The maximum absolute atomic E-state index is 6.15. The molecule has 5 rings (SSSR count). The smallest absolute Gasteiger partial charge is 0.224 e. The Morgan fingerprint density at radius 2 is 2.12 bits per heavy atom. The fourth-order valence-electron chi connectivity index (χ4n) is 4.64. The second-order valence-electron chi connectivity index (χ2n) is 7.66. The summed E-state index contributed by atoms with van der Waals surface area (Å²) in [5, 5.41) is 8.81. The summed E-state index contributed by atoms with van der Waals surface area (Å²) in [7, 11) is 1.68. The Bertz CT molecular complexity index is 803. The van der Waals surface area contributed by atoms with Gasteiger partial charge in [-0.2, -0.15) is 0 Å². The van der Waals surface area contributed by atoms with Crippen LogP contribution in [0.15, 0.2) is 10.7 Å². The van der Waals surface area contributed by atoms with Crippen molar-refractivity contribution in [2.24, 2.45) is 5.92 Å². The minimum Gasteiger partial charge on any atom is -0.491 e. The second-order valence-corrected chi connectivity index (χ2v) is 7.66. The molecule has 0 amide bonds. The van der Waals surface area contributed by atoms with Crippen molar-refractivity contribution in [2.45, 2.75) is 50.4 Å². The minimum atomic E-state index is -0.0377. The summed E-state index contributed by atoms with van der Waals surface area (Å²) in [4.78, 5) is 11.1. The fraction of sp³-hybridized carbons (Fsp3) is 0.667. The highest BCUT2D eigenvalue weighted by Gasteiger charge is 2.55. The molecule has 2 aromatic rings. The van der Waals surface area contributed by atoms with Gasteiger partial charge in [-0.15, -0.1) is 10.2 Å². The Kier molecular flexibility index (Phi) is 3.27. The van der Waals surface area contributed by atoms with Gasteiger partial charge in [0.1, 0.15) is 6.33 Å². The van der Waals surface area contributed by atoms with E-state index < -0.39 is 0 Å². The minimum absolute atomic E-state index is 0.0377. The zero-order valence-corrected chi connectivity index (χ0v) is 14.7. The molecule has 25 heavy (non-hydrogen) atoms. The van der Waals surface area contributed by atoms with Crippen molar-refractivity contribution in [3.63, 3.8) is 0 Å². The molecule has 0 radical (unpaired) electrons. The van der Waals surface area contributed by atoms with E-state index in [1.54, 1.807) is 13.4 Å². The zero-order chi connectivity index (χ0) is 17.0. The molecule has 2 saturated carbocycles. The van der Waals surface area contributed by atoms with Crippen LogP contribution in [-0.4, -0.2) is 40.4 Å². The highest BCUT2D eigenvalue weighted by molar-refractivity contribution is 5.56. The van der Waals surface area contributed by atoms with Crippen molar-refractivity contribution in [3.8, 4) is 5.75 Å². The van der Waals surface area contributed by atoms with Gasteiger partial charge in [-0.3, -0.25) is 0 Å². The molecule has 3 fully saturated rings. The average Bonchev–Trinajstić information content (AvgIpc) is 3.05. The third-order valence-corrected chi connectivity index (χ3v) is 6.13. The van der Waals surface area contributed by atoms with E-state index in [1.807, 2.05) is 6.92 Å². The molecule has 0 N–H and O–H groups in total. The molecule has 0 bridgehead atoms. The normalized spacial score (nSPS) is 28.4. The molecule has 0 aromatic carbocycles. The summed E-state index contributed by atoms with van der Waals surface area (Å²) >= 11 is 0. The van der Waals surface area contributed by atoms with Crippen LogP contribution in [0, 0.1) is 12.8 Å². The SMILES string of the molecule is COc1c(C)ncnc1N1C[C@@H]2CCC[C@]2(c2nnc(C3CC3)o2)C1. The van der Waals surface area contributed by atoms with Gasteiger partial charge in [0, 0.05) is 19.0 Å². The van der Waals surface area contributed by atoms with E-state index >= 15 is 0 Å². The molecule has 1 saturated heterocycles. The Morgan fingerprint density at radius 3 is 2.92 bits per heavy atom. The van der Waals surface area contributed by atoms with Crippen LogP contribution < -0.4 is 9.64 Å². The largest absolute Gasteiger partial charge is 0.491 e. The first kappa shape index (κ1) is 15.1. The molecule has 2 aromatic heterocycles. The Balaban J connectivity index is 1.50. The van der Waals surface area contributed by atoms with E-state index in [-0.39, 0.29) is 5.41 Å². The van der Waals surface area contributed by atoms with E-state index in [0.717, 1.165) is 48.6 Å². The van der Waals surface area contributed by atoms with Crippen LogP contribution in [0.5, 0.6) is 5.75 Å². The zero-order valence-electron chi connectivity index (χ0n) is 14.7. The third kappa shape index (κ3) is 2.24. The average molecular weight is 341 g/mol. The predicted octanol–water partition coefficient (Wildman–Crippen LogP) is 2.61. The topological polar surface area (TPSA) is 77.2 Å². The number of anilines is 1. The number of rotatable bonds is 4. The van der Waals surface area contributed by atoms with Gasteiger partial charge in [0.25, 0.3) is 0 Å². The van der Waals surface area contributed by atoms with Gasteiger partial charge in [-0.1, -0.05) is 6.42 Å². The van der Waals surface area contributed by atoms with Gasteiger partial charge in [0.2, 0.25) is 11.8 Å². The first-order valence-corrected chi connectivity index (χ1v) is 9.15. The number of ether oxygens (including phenoxy) is 1. The number of aryl methyl sites for hydroxylation is 1. The summed E-state index contributed by atoms with van der Waals surface area (Å²) in [5.74, 6) is 4.35. The van der Waals surface area contributed by atoms with Crippen molar-refractivity contribution < 1.29 is 9.15 Å². The third-order valence-electron chi connectivity index (χ3n) is 6.13. The number of hydrogen-bond donors (Lipinski definition) is 0. The first-order chi connectivity index (χ1) is 12.2. The van der Waals surface area contributed by atoms with Crippen LogP contribution in [-0.2, 0) is 5.41 Å². The van der Waals surface area contributed by atoms with Crippen molar-refractivity contribution in [2.75, 3.05) is 25.1 Å². The molecule has 132 valence electrons. The van der Waals surface area contributed by atoms with Gasteiger partial charge in [-0.05, 0) is 38.5 Å². The standard InChI is InChI=1S/C18H23N5O2/c1-11-14(24-2)15(20-10-19-11)23-8-13-4-3-7-18(13,9-23)17-22-21-16(25-17)12-5-6-12/h10,12-13H,3-9H2,1-2H3/t13-,18-/m0/s1. The number of hydrogen-bond acceptors (Lipinski definition) is 7. The van der Waals surface area contributed by atoms with E-state index in [0.29, 0.717) is 11.8 Å². The summed E-state index contributed by atoms with van der Waals surface area (Å²) in [6, 6.07) is 0. The number of aromatic nitrogens is 4. The van der Waals surface area contributed by atoms with Gasteiger partial charge in [0.05, 0.1) is 18.2 Å². The molecular formula is C18H23N5O2. The van der Waals surface area contributed by atoms with Gasteiger partial charge in [0.15, 0.2) is 11.6 Å². The monoisotopic (exact) mass is 341 g/mol. The van der Waals surface area contributed by atoms with Gasteiger partial charge >= 0.3 is 0 Å². The lowest BCUT2D eigenvalue weighted by Crippen LogP contribution is -2.32. The predicted molar refractivity (Wildman–Crippen MR) is 90.8 cm³/mol.